The lowest BCUT2D eigenvalue weighted by Gasteiger charge is -2.27. The highest BCUT2D eigenvalue weighted by Gasteiger charge is 2.30. The van der Waals surface area contributed by atoms with E-state index < -0.39 is 5.60 Å². The van der Waals surface area contributed by atoms with Crippen LogP contribution in [0.5, 0.6) is 0 Å². The van der Waals surface area contributed by atoms with Gasteiger partial charge in [-0.2, -0.15) is 0 Å². The Labute approximate surface area is 82.9 Å². The molecule has 0 fully saturated rings. The molecule has 0 bridgehead atoms. The summed E-state index contributed by atoms with van der Waals surface area (Å²) in [5, 5.41) is 10.2. The first kappa shape index (κ1) is 10.7. The fourth-order valence-corrected chi connectivity index (χ4v) is 1.82. The van der Waals surface area contributed by atoms with Crippen molar-refractivity contribution in [3.63, 3.8) is 0 Å². The molecule has 0 aromatic heterocycles. The van der Waals surface area contributed by atoms with Crippen molar-refractivity contribution >= 4 is 11.6 Å². The molecule has 13 heavy (non-hydrogen) atoms. The van der Waals surface area contributed by atoms with Crippen LogP contribution in [0.1, 0.15) is 33.1 Å². The monoisotopic (exact) mass is 204 g/mol. The van der Waals surface area contributed by atoms with E-state index >= 15 is 0 Å². The molecule has 3 heteroatoms. The van der Waals surface area contributed by atoms with E-state index in [-0.39, 0.29) is 11.4 Å². The molecular weight excluding hydrogens is 191 g/mol. The van der Waals surface area contributed by atoms with Crippen LogP contribution in [0, 0.1) is 0 Å². The third-order valence-corrected chi connectivity index (χ3v) is 2.77. The summed E-state index contributed by atoms with van der Waals surface area (Å²) in [6.45, 7) is 3.39. The van der Waals surface area contributed by atoms with Gasteiger partial charge in [-0.25, -0.2) is 4.39 Å². The molecule has 0 amide bonds. The van der Waals surface area contributed by atoms with E-state index in [0.717, 1.165) is 0 Å². The van der Waals surface area contributed by atoms with Gasteiger partial charge in [-0.15, -0.1) is 0 Å². The third-order valence-electron chi connectivity index (χ3n) is 2.42. The van der Waals surface area contributed by atoms with Gasteiger partial charge in [-0.3, -0.25) is 0 Å². The maximum atomic E-state index is 13.4. The Kier molecular flexibility index (Phi) is 3.14. The molecular formula is C10H14ClFO. The van der Waals surface area contributed by atoms with Gasteiger partial charge in [0.1, 0.15) is 5.83 Å². The molecule has 0 heterocycles. The molecule has 0 spiro atoms. The molecule has 1 rings (SSSR count). The number of allylic oxidation sites excluding steroid dienone is 2. The zero-order chi connectivity index (χ0) is 10.1. The first-order chi connectivity index (χ1) is 5.99. The quantitative estimate of drug-likeness (QED) is 0.732. The van der Waals surface area contributed by atoms with Crippen LogP contribution in [0.4, 0.5) is 4.39 Å². The second-order valence-corrected chi connectivity index (χ2v) is 3.91. The van der Waals surface area contributed by atoms with Gasteiger partial charge in [-0.1, -0.05) is 24.6 Å². The summed E-state index contributed by atoms with van der Waals surface area (Å²) < 4.78 is 13.4. The molecule has 1 atom stereocenters. The lowest BCUT2D eigenvalue weighted by Crippen LogP contribution is -2.27. The standard InChI is InChI=1S/C10H14ClFO/c1-3-10(2,13)9-7(11)5-4-6-8(9)12/h5,13H,3-4,6H2,1-2H3. The SMILES string of the molecule is CCC(C)(O)C1=C(F)CCC=C1Cl. The van der Waals surface area contributed by atoms with Crippen LogP contribution in [0.15, 0.2) is 22.5 Å². The number of aliphatic hydroxyl groups is 1. The van der Waals surface area contributed by atoms with Crippen molar-refractivity contribution in [2.24, 2.45) is 0 Å². The second-order valence-electron chi connectivity index (χ2n) is 3.50. The van der Waals surface area contributed by atoms with Crippen LogP contribution >= 0.6 is 11.6 Å². The minimum Gasteiger partial charge on any atom is -0.385 e. The molecule has 1 N–H and O–H groups in total. The fourth-order valence-electron chi connectivity index (χ4n) is 1.41. The van der Waals surface area contributed by atoms with E-state index in [1.807, 2.05) is 0 Å². The van der Waals surface area contributed by atoms with Gasteiger partial charge in [0.05, 0.1) is 5.60 Å². The lowest BCUT2D eigenvalue weighted by molar-refractivity contribution is 0.0939. The summed E-state index contributed by atoms with van der Waals surface area (Å²) in [7, 11) is 0. The minimum atomic E-state index is -1.14. The van der Waals surface area contributed by atoms with Crippen LogP contribution in [-0.2, 0) is 0 Å². The van der Waals surface area contributed by atoms with Gasteiger partial charge < -0.3 is 5.11 Å². The van der Waals surface area contributed by atoms with Gasteiger partial charge in [-0.05, 0) is 19.8 Å². The fraction of sp³-hybridized carbons (Fsp3) is 0.600. The Balaban J connectivity index is 3.07. The third kappa shape index (κ3) is 2.12. The summed E-state index contributed by atoms with van der Waals surface area (Å²) in [6, 6.07) is 0. The summed E-state index contributed by atoms with van der Waals surface area (Å²) in [5.41, 5.74) is -0.874. The highest BCUT2D eigenvalue weighted by molar-refractivity contribution is 6.32. The molecule has 1 aliphatic carbocycles. The van der Waals surface area contributed by atoms with E-state index in [1.165, 1.54) is 0 Å². The lowest BCUT2D eigenvalue weighted by atomic mass is 9.88. The molecule has 0 aromatic rings. The number of rotatable bonds is 2. The average molecular weight is 205 g/mol. The first-order valence-corrected chi connectivity index (χ1v) is 4.84. The van der Waals surface area contributed by atoms with E-state index in [2.05, 4.69) is 0 Å². The van der Waals surface area contributed by atoms with Crippen molar-refractivity contribution in [1.82, 2.24) is 0 Å². The van der Waals surface area contributed by atoms with Crippen molar-refractivity contribution in [3.05, 3.63) is 22.5 Å². The van der Waals surface area contributed by atoms with Crippen LogP contribution < -0.4 is 0 Å². The summed E-state index contributed by atoms with van der Waals surface area (Å²) in [4.78, 5) is 0. The predicted molar refractivity (Wildman–Crippen MR) is 52.2 cm³/mol. The van der Waals surface area contributed by atoms with Crippen LogP contribution in [0.25, 0.3) is 0 Å². The predicted octanol–water partition coefficient (Wildman–Crippen LogP) is 3.29. The summed E-state index contributed by atoms with van der Waals surface area (Å²) in [6.07, 6.45) is 3.18. The van der Waals surface area contributed by atoms with E-state index in [1.54, 1.807) is 19.9 Å². The molecule has 1 nitrogen and oxygen atoms in total. The molecule has 0 aliphatic heterocycles. The molecule has 0 saturated carbocycles. The second kappa shape index (κ2) is 3.81. The molecule has 74 valence electrons. The van der Waals surface area contributed by atoms with Gasteiger partial charge in [0.2, 0.25) is 0 Å². The van der Waals surface area contributed by atoms with Crippen molar-refractivity contribution in [2.75, 3.05) is 0 Å². The topological polar surface area (TPSA) is 20.2 Å². The molecule has 1 unspecified atom stereocenters. The average Bonchev–Trinajstić information content (AvgIpc) is 2.03. The highest BCUT2D eigenvalue weighted by Crippen LogP contribution is 2.37. The van der Waals surface area contributed by atoms with Crippen molar-refractivity contribution < 1.29 is 9.50 Å². The maximum Gasteiger partial charge on any atom is 0.108 e. The summed E-state index contributed by atoms with van der Waals surface area (Å²) >= 11 is 5.84. The molecule has 0 aromatic carbocycles. The van der Waals surface area contributed by atoms with Gasteiger partial charge in [0.25, 0.3) is 0 Å². The van der Waals surface area contributed by atoms with Crippen molar-refractivity contribution in [2.45, 2.75) is 38.7 Å². The number of hydrogen-bond donors (Lipinski definition) is 1. The van der Waals surface area contributed by atoms with Crippen molar-refractivity contribution in [3.8, 4) is 0 Å². The molecule has 0 radical (unpaired) electrons. The Morgan fingerprint density at radius 3 is 2.77 bits per heavy atom. The van der Waals surface area contributed by atoms with Crippen molar-refractivity contribution in [1.29, 1.82) is 0 Å². The smallest absolute Gasteiger partial charge is 0.108 e. The van der Waals surface area contributed by atoms with Gasteiger partial charge in [0.15, 0.2) is 0 Å². The first-order valence-electron chi connectivity index (χ1n) is 4.46. The van der Waals surface area contributed by atoms with E-state index in [9.17, 15) is 9.50 Å². The van der Waals surface area contributed by atoms with E-state index in [4.69, 9.17) is 11.6 Å². The van der Waals surface area contributed by atoms with E-state index in [0.29, 0.717) is 24.3 Å². The molecule has 1 aliphatic rings. The Bertz CT molecular complexity index is 266. The Morgan fingerprint density at radius 2 is 2.31 bits per heavy atom. The van der Waals surface area contributed by atoms with Crippen LogP contribution in [0.3, 0.4) is 0 Å². The number of halogens is 2. The normalized spacial score (nSPS) is 22.7. The Morgan fingerprint density at radius 1 is 1.69 bits per heavy atom. The van der Waals surface area contributed by atoms with Gasteiger partial charge >= 0.3 is 0 Å². The van der Waals surface area contributed by atoms with Crippen LogP contribution in [-0.4, -0.2) is 10.7 Å². The van der Waals surface area contributed by atoms with Crippen LogP contribution in [0.2, 0.25) is 0 Å². The zero-order valence-electron chi connectivity index (χ0n) is 7.90. The highest BCUT2D eigenvalue weighted by atomic mass is 35.5. The largest absolute Gasteiger partial charge is 0.385 e. The maximum absolute atomic E-state index is 13.4. The van der Waals surface area contributed by atoms with Gasteiger partial charge in [0, 0.05) is 17.0 Å². The number of hydrogen-bond acceptors (Lipinski definition) is 1. The molecule has 0 saturated heterocycles. The summed E-state index contributed by atoms with van der Waals surface area (Å²) in [5.74, 6) is -0.278. The minimum absolute atomic E-state index is 0.267. The Hall–Kier alpha value is -0.340. The zero-order valence-corrected chi connectivity index (χ0v) is 8.66.